The molecule has 3 heterocycles. The first-order valence-corrected chi connectivity index (χ1v) is 7.13. The molecule has 3 aliphatic rings. The average Bonchev–Trinajstić information content (AvgIpc) is 2.34. The fraction of sp³-hybridized carbons (Fsp3) is 1.00. The molecule has 18 heavy (non-hydrogen) atoms. The van der Waals surface area contributed by atoms with Crippen LogP contribution in [-0.4, -0.2) is 101 Å². The first kappa shape index (κ1) is 14.2. The molecule has 5 heteroatoms. The van der Waals surface area contributed by atoms with Crippen LogP contribution in [0.4, 0.5) is 0 Å². The van der Waals surface area contributed by atoms with Crippen molar-refractivity contribution in [2.75, 3.05) is 85.8 Å². The average molecular weight is 257 g/mol. The summed E-state index contributed by atoms with van der Waals surface area (Å²) in [5, 5.41) is 0. The van der Waals surface area contributed by atoms with Gasteiger partial charge in [0, 0.05) is 52.4 Å². The van der Waals surface area contributed by atoms with Crippen molar-refractivity contribution in [2.45, 2.75) is 0 Å². The Morgan fingerprint density at radius 1 is 0.556 bits per heavy atom. The van der Waals surface area contributed by atoms with Crippen LogP contribution >= 0.6 is 0 Å². The van der Waals surface area contributed by atoms with E-state index < -0.39 is 0 Å². The van der Waals surface area contributed by atoms with E-state index in [0.717, 1.165) is 78.8 Å². The Kier molecular flexibility index (Phi) is 6.37. The van der Waals surface area contributed by atoms with Crippen LogP contribution in [0.25, 0.3) is 0 Å². The smallest absolute Gasteiger partial charge is 0.0594 e. The van der Waals surface area contributed by atoms with E-state index in [1.807, 2.05) is 0 Å². The first-order chi connectivity index (χ1) is 8.84. The molecule has 0 saturated carbocycles. The Bertz CT molecular complexity index is 194. The van der Waals surface area contributed by atoms with E-state index in [4.69, 9.17) is 9.47 Å². The highest BCUT2D eigenvalue weighted by Gasteiger charge is 2.13. The Labute approximate surface area is 111 Å². The van der Waals surface area contributed by atoms with E-state index in [2.05, 4.69) is 21.7 Å². The minimum Gasteiger partial charge on any atom is -0.379 e. The maximum Gasteiger partial charge on any atom is 0.0594 e. The van der Waals surface area contributed by atoms with Gasteiger partial charge in [-0.2, -0.15) is 0 Å². The monoisotopic (exact) mass is 257 g/mol. The van der Waals surface area contributed by atoms with Gasteiger partial charge in [0.05, 0.1) is 26.4 Å². The zero-order valence-electron chi connectivity index (χ0n) is 11.6. The van der Waals surface area contributed by atoms with Crippen LogP contribution in [0.5, 0.6) is 0 Å². The zero-order chi connectivity index (χ0) is 12.6. The molecule has 3 fully saturated rings. The topological polar surface area (TPSA) is 28.2 Å². The maximum atomic E-state index is 5.73. The molecule has 0 amide bonds. The number of ether oxygens (including phenoxy) is 2. The number of hydrogen-bond acceptors (Lipinski definition) is 5. The van der Waals surface area contributed by atoms with Crippen molar-refractivity contribution < 1.29 is 9.47 Å². The molecule has 3 aliphatic heterocycles. The van der Waals surface area contributed by atoms with Crippen molar-refractivity contribution in [3.63, 3.8) is 0 Å². The molecular formula is C13H27N3O2. The third-order valence-corrected chi connectivity index (χ3v) is 3.80. The third-order valence-electron chi connectivity index (χ3n) is 3.80. The predicted octanol–water partition coefficient (Wildman–Crippen LogP) is -0.417. The van der Waals surface area contributed by atoms with E-state index >= 15 is 0 Å². The quantitative estimate of drug-likeness (QED) is 0.588. The third kappa shape index (κ3) is 5.20. The molecule has 0 unspecified atom stereocenters. The minimum atomic E-state index is 0.845. The number of likely N-dealkylation sites (N-methyl/N-ethyl adjacent to an activating group) is 1. The van der Waals surface area contributed by atoms with Crippen molar-refractivity contribution in [1.29, 1.82) is 0 Å². The molecule has 2 bridgehead atoms. The summed E-state index contributed by atoms with van der Waals surface area (Å²) in [6, 6.07) is 0. The summed E-state index contributed by atoms with van der Waals surface area (Å²) < 4.78 is 11.5. The Balaban J connectivity index is 1.96. The Hall–Kier alpha value is -0.200. The molecule has 106 valence electrons. The molecule has 0 aromatic rings. The minimum absolute atomic E-state index is 0.845. The molecule has 0 spiro atoms. The summed E-state index contributed by atoms with van der Waals surface area (Å²) in [5.41, 5.74) is 0. The summed E-state index contributed by atoms with van der Waals surface area (Å²) in [6.45, 7) is 12.0. The Morgan fingerprint density at radius 3 is 1.33 bits per heavy atom. The van der Waals surface area contributed by atoms with E-state index in [1.165, 1.54) is 0 Å². The van der Waals surface area contributed by atoms with Gasteiger partial charge in [-0.1, -0.05) is 0 Å². The van der Waals surface area contributed by atoms with Gasteiger partial charge in [-0.15, -0.1) is 0 Å². The predicted molar refractivity (Wildman–Crippen MR) is 72.0 cm³/mol. The lowest BCUT2D eigenvalue weighted by molar-refractivity contribution is 0.0279. The molecule has 0 aromatic heterocycles. The molecule has 0 N–H and O–H groups in total. The van der Waals surface area contributed by atoms with Gasteiger partial charge in [0.25, 0.3) is 0 Å². The second kappa shape index (κ2) is 8.07. The molecule has 0 atom stereocenters. The van der Waals surface area contributed by atoms with Crippen LogP contribution in [0, 0.1) is 0 Å². The second-order valence-corrected chi connectivity index (χ2v) is 5.21. The normalized spacial score (nSPS) is 33.8. The van der Waals surface area contributed by atoms with Gasteiger partial charge in [0.15, 0.2) is 0 Å². The summed E-state index contributed by atoms with van der Waals surface area (Å²) in [6.07, 6.45) is 0. The molecule has 0 aromatic carbocycles. The summed E-state index contributed by atoms with van der Waals surface area (Å²) in [5.74, 6) is 0. The zero-order valence-corrected chi connectivity index (χ0v) is 11.6. The lowest BCUT2D eigenvalue weighted by Gasteiger charge is -2.30. The highest BCUT2D eigenvalue weighted by Crippen LogP contribution is 1.99. The van der Waals surface area contributed by atoms with Gasteiger partial charge in [-0.05, 0) is 7.05 Å². The lowest BCUT2D eigenvalue weighted by atomic mass is 10.3. The number of rotatable bonds is 0. The van der Waals surface area contributed by atoms with Crippen LogP contribution in [0.15, 0.2) is 0 Å². The fourth-order valence-corrected chi connectivity index (χ4v) is 2.39. The second-order valence-electron chi connectivity index (χ2n) is 5.21. The summed E-state index contributed by atoms with van der Waals surface area (Å²) in [4.78, 5) is 7.35. The van der Waals surface area contributed by atoms with E-state index in [1.54, 1.807) is 0 Å². The number of hydrogen-bond donors (Lipinski definition) is 0. The van der Waals surface area contributed by atoms with Gasteiger partial charge < -0.3 is 14.4 Å². The van der Waals surface area contributed by atoms with Crippen molar-refractivity contribution in [3.05, 3.63) is 0 Å². The number of fused-ring (bicyclic) bond motifs is 12. The largest absolute Gasteiger partial charge is 0.379 e. The lowest BCUT2D eigenvalue weighted by Crippen LogP contribution is -2.43. The van der Waals surface area contributed by atoms with E-state index in [-0.39, 0.29) is 0 Å². The molecular weight excluding hydrogens is 230 g/mol. The van der Waals surface area contributed by atoms with Crippen molar-refractivity contribution in [1.82, 2.24) is 14.7 Å². The van der Waals surface area contributed by atoms with Crippen LogP contribution in [0.3, 0.4) is 0 Å². The van der Waals surface area contributed by atoms with Gasteiger partial charge >= 0.3 is 0 Å². The molecule has 0 aliphatic carbocycles. The highest BCUT2D eigenvalue weighted by atomic mass is 16.5. The van der Waals surface area contributed by atoms with Crippen LogP contribution in [0.1, 0.15) is 0 Å². The molecule has 5 nitrogen and oxygen atoms in total. The molecule has 0 radical (unpaired) electrons. The number of nitrogens with zero attached hydrogens (tertiary/aromatic N) is 3. The van der Waals surface area contributed by atoms with Gasteiger partial charge in [-0.25, -0.2) is 0 Å². The SMILES string of the molecule is CN1CCN2CCOCCN(CCOCC2)CC1. The first-order valence-electron chi connectivity index (χ1n) is 7.13. The standard InChI is InChI=1S/C13H27N3O2/c1-14-2-4-15-6-10-17-12-8-16(5-3-14)9-13-18-11-7-15/h2-13H2,1H3. The Morgan fingerprint density at radius 2 is 0.944 bits per heavy atom. The summed E-state index contributed by atoms with van der Waals surface area (Å²) in [7, 11) is 2.22. The maximum absolute atomic E-state index is 5.73. The molecule has 3 saturated heterocycles. The summed E-state index contributed by atoms with van der Waals surface area (Å²) >= 11 is 0. The fourth-order valence-electron chi connectivity index (χ4n) is 2.39. The van der Waals surface area contributed by atoms with Crippen LogP contribution in [0.2, 0.25) is 0 Å². The van der Waals surface area contributed by atoms with Gasteiger partial charge in [0.2, 0.25) is 0 Å². The van der Waals surface area contributed by atoms with Crippen molar-refractivity contribution in [2.24, 2.45) is 0 Å². The van der Waals surface area contributed by atoms with Gasteiger partial charge in [-0.3, -0.25) is 9.80 Å². The van der Waals surface area contributed by atoms with Crippen LogP contribution in [-0.2, 0) is 9.47 Å². The van der Waals surface area contributed by atoms with Crippen molar-refractivity contribution >= 4 is 0 Å². The highest BCUT2D eigenvalue weighted by molar-refractivity contribution is 4.67. The van der Waals surface area contributed by atoms with Crippen LogP contribution < -0.4 is 0 Å². The van der Waals surface area contributed by atoms with Gasteiger partial charge in [0.1, 0.15) is 0 Å². The van der Waals surface area contributed by atoms with E-state index in [9.17, 15) is 0 Å². The van der Waals surface area contributed by atoms with Crippen molar-refractivity contribution in [3.8, 4) is 0 Å². The van der Waals surface area contributed by atoms with E-state index in [0.29, 0.717) is 0 Å². The molecule has 3 rings (SSSR count).